The second-order valence-corrected chi connectivity index (χ2v) is 6.46. The Morgan fingerprint density at radius 1 is 1.04 bits per heavy atom. The van der Waals surface area contributed by atoms with E-state index in [1.165, 1.54) is 13.8 Å². The fourth-order valence-corrected chi connectivity index (χ4v) is 2.39. The van der Waals surface area contributed by atoms with Gasteiger partial charge in [0.15, 0.2) is 11.9 Å². The average molecular weight is 373 g/mol. The highest BCUT2D eigenvalue weighted by molar-refractivity contribution is 5.98. The molecule has 8 heteroatoms. The normalized spacial score (nSPS) is 11.8. The summed E-state index contributed by atoms with van der Waals surface area (Å²) >= 11 is 0. The molecule has 0 bridgehead atoms. The van der Waals surface area contributed by atoms with Gasteiger partial charge >= 0.3 is 5.97 Å². The average Bonchev–Trinajstić information content (AvgIpc) is 2.98. The zero-order valence-electron chi connectivity index (χ0n) is 16.0. The van der Waals surface area contributed by atoms with Gasteiger partial charge in [-0.3, -0.25) is 9.59 Å². The van der Waals surface area contributed by atoms with Crippen molar-refractivity contribution >= 4 is 29.2 Å². The standard InChI is InChI=1S/C19H23N3O5/c1-10(2)17-16(11(3)22-27-17)19(25)26-12(4)18(24)21-15-8-6-14(7-9-15)20-13(5)23/h6-10,12H,1-5H3,(H,20,23)(H,21,24)/t12-/m1/s1. The van der Waals surface area contributed by atoms with E-state index < -0.39 is 18.0 Å². The molecule has 1 heterocycles. The first-order chi connectivity index (χ1) is 12.7. The van der Waals surface area contributed by atoms with Crippen LogP contribution in [0.1, 0.15) is 55.4 Å². The molecular weight excluding hydrogens is 350 g/mol. The SMILES string of the molecule is CC(=O)Nc1ccc(NC(=O)[C@@H](C)OC(=O)c2c(C)noc2C(C)C)cc1. The number of carbonyl (C=O) groups is 3. The third-order valence-electron chi connectivity index (χ3n) is 3.74. The summed E-state index contributed by atoms with van der Waals surface area (Å²) in [7, 11) is 0. The third-order valence-corrected chi connectivity index (χ3v) is 3.74. The third kappa shape index (κ3) is 5.16. The number of nitrogens with zero attached hydrogens (tertiary/aromatic N) is 1. The van der Waals surface area contributed by atoms with Crippen LogP contribution in [0.5, 0.6) is 0 Å². The molecule has 0 aliphatic heterocycles. The smallest absolute Gasteiger partial charge is 0.344 e. The number of ether oxygens (including phenoxy) is 1. The Morgan fingerprint density at radius 3 is 2.11 bits per heavy atom. The molecule has 0 spiro atoms. The molecule has 0 saturated heterocycles. The molecule has 27 heavy (non-hydrogen) atoms. The topological polar surface area (TPSA) is 111 Å². The van der Waals surface area contributed by atoms with Crippen LogP contribution in [0, 0.1) is 6.92 Å². The van der Waals surface area contributed by atoms with E-state index in [1.807, 2.05) is 13.8 Å². The van der Waals surface area contributed by atoms with Crippen LogP contribution in [-0.4, -0.2) is 29.0 Å². The summed E-state index contributed by atoms with van der Waals surface area (Å²) in [5.41, 5.74) is 1.80. The first kappa shape index (κ1) is 20.2. The van der Waals surface area contributed by atoms with E-state index in [0.717, 1.165) is 0 Å². The van der Waals surface area contributed by atoms with Crippen molar-refractivity contribution in [1.29, 1.82) is 0 Å². The van der Waals surface area contributed by atoms with Crippen LogP contribution in [0.25, 0.3) is 0 Å². The van der Waals surface area contributed by atoms with E-state index in [0.29, 0.717) is 22.8 Å². The van der Waals surface area contributed by atoms with Gasteiger partial charge in [0.2, 0.25) is 5.91 Å². The minimum Gasteiger partial charge on any atom is -0.449 e. The maximum absolute atomic E-state index is 12.4. The number of anilines is 2. The number of carbonyl (C=O) groups excluding carboxylic acids is 3. The number of esters is 1. The summed E-state index contributed by atoms with van der Waals surface area (Å²) < 4.78 is 10.4. The Balaban J connectivity index is 2.00. The second kappa shape index (κ2) is 8.48. The predicted molar refractivity (Wildman–Crippen MR) is 99.6 cm³/mol. The molecule has 0 aliphatic rings. The number of hydrogen-bond donors (Lipinski definition) is 2. The molecule has 2 amide bonds. The minimum atomic E-state index is -1.01. The summed E-state index contributed by atoms with van der Waals surface area (Å²) in [4.78, 5) is 35.7. The number of hydrogen-bond acceptors (Lipinski definition) is 6. The zero-order chi connectivity index (χ0) is 20.1. The number of benzene rings is 1. The highest BCUT2D eigenvalue weighted by Gasteiger charge is 2.27. The lowest BCUT2D eigenvalue weighted by Crippen LogP contribution is -2.30. The van der Waals surface area contributed by atoms with Crippen molar-refractivity contribution in [3.05, 3.63) is 41.3 Å². The maximum Gasteiger partial charge on any atom is 0.344 e. The van der Waals surface area contributed by atoms with Crippen LogP contribution in [0.3, 0.4) is 0 Å². The Hall–Kier alpha value is -3.16. The van der Waals surface area contributed by atoms with Gasteiger partial charge < -0.3 is 19.9 Å². The Bertz CT molecular complexity index is 840. The zero-order valence-corrected chi connectivity index (χ0v) is 16.0. The van der Waals surface area contributed by atoms with Crippen molar-refractivity contribution < 1.29 is 23.6 Å². The molecule has 2 N–H and O–H groups in total. The van der Waals surface area contributed by atoms with Crippen LogP contribution < -0.4 is 10.6 Å². The molecule has 2 aromatic rings. The minimum absolute atomic E-state index is 0.0417. The van der Waals surface area contributed by atoms with Crippen molar-refractivity contribution in [3.8, 4) is 0 Å². The monoisotopic (exact) mass is 373 g/mol. The molecule has 0 aliphatic carbocycles. The molecule has 2 rings (SSSR count). The van der Waals surface area contributed by atoms with Gasteiger partial charge in [0.05, 0.1) is 5.69 Å². The van der Waals surface area contributed by atoms with Gasteiger partial charge in [0, 0.05) is 24.2 Å². The molecule has 0 fully saturated rings. The second-order valence-electron chi connectivity index (χ2n) is 6.46. The predicted octanol–water partition coefficient (Wildman–Crippen LogP) is 3.25. The number of amides is 2. The lowest BCUT2D eigenvalue weighted by molar-refractivity contribution is -0.123. The van der Waals surface area contributed by atoms with Gasteiger partial charge in [-0.2, -0.15) is 0 Å². The van der Waals surface area contributed by atoms with E-state index >= 15 is 0 Å². The molecule has 0 radical (unpaired) electrons. The van der Waals surface area contributed by atoms with Gasteiger partial charge in [0.1, 0.15) is 5.56 Å². The highest BCUT2D eigenvalue weighted by atomic mass is 16.5. The summed E-state index contributed by atoms with van der Waals surface area (Å²) in [6.07, 6.45) is -1.01. The van der Waals surface area contributed by atoms with E-state index in [9.17, 15) is 14.4 Å². The van der Waals surface area contributed by atoms with Crippen molar-refractivity contribution in [3.63, 3.8) is 0 Å². The van der Waals surface area contributed by atoms with Crippen LogP contribution in [-0.2, 0) is 14.3 Å². The number of nitrogens with one attached hydrogen (secondary N) is 2. The quantitative estimate of drug-likeness (QED) is 0.752. The molecule has 8 nitrogen and oxygen atoms in total. The van der Waals surface area contributed by atoms with E-state index in [1.54, 1.807) is 31.2 Å². The van der Waals surface area contributed by atoms with Crippen molar-refractivity contribution in [2.24, 2.45) is 0 Å². The van der Waals surface area contributed by atoms with Crippen LogP contribution in [0.15, 0.2) is 28.8 Å². The molecule has 1 aromatic heterocycles. The largest absolute Gasteiger partial charge is 0.449 e. The van der Waals surface area contributed by atoms with Gasteiger partial charge in [-0.15, -0.1) is 0 Å². The van der Waals surface area contributed by atoms with Crippen LogP contribution >= 0.6 is 0 Å². The fraction of sp³-hybridized carbons (Fsp3) is 0.368. The summed E-state index contributed by atoms with van der Waals surface area (Å²) in [6.45, 7) is 8.28. The van der Waals surface area contributed by atoms with Crippen LogP contribution in [0.2, 0.25) is 0 Å². The summed E-state index contributed by atoms with van der Waals surface area (Å²) in [5.74, 6) is -0.923. The van der Waals surface area contributed by atoms with Gasteiger partial charge in [-0.1, -0.05) is 19.0 Å². The fourth-order valence-electron chi connectivity index (χ4n) is 2.39. The summed E-state index contributed by atoms with van der Waals surface area (Å²) in [5, 5.41) is 9.09. The summed E-state index contributed by atoms with van der Waals surface area (Å²) in [6, 6.07) is 6.59. The van der Waals surface area contributed by atoms with Crippen LogP contribution in [0.4, 0.5) is 11.4 Å². The van der Waals surface area contributed by atoms with E-state index in [-0.39, 0.29) is 17.4 Å². The number of rotatable bonds is 6. The maximum atomic E-state index is 12.4. The first-order valence-electron chi connectivity index (χ1n) is 8.54. The van der Waals surface area contributed by atoms with Crippen molar-refractivity contribution in [1.82, 2.24) is 5.16 Å². The highest BCUT2D eigenvalue weighted by Crippen LogP contribution is 2.23. The Labute approximate surface area is 157 Å². The first-order valence-corrected chi connectivity index (χ1v) is 8.54. The number of aromatic nitrogens is 1. The Kier molecular flexibility index (Phi) is 6.33. The van der Waals surface area contributed by atoms with E-state index in [4.69, 9.17) is 9.26 Å². The molecule has 0 saturated carbocycles. The molecule has 144 valence electrons. The molecule has 0 unspecified atom stereocenters. The van der Waals surface area contributed by atoms with Crippen molar-refractivity contribution in [2.45, 2.75) is 46.6 Å². The van der Waals surface area contributed by atoms with Gasteiger partial charge in [-0.05, 0) is 38.1 Å². The molecule has 1 aromatic carbocycles. The lowest BCUT2D eigenvalue weighted by Gasteiger charge is -2.14. The van der Waals surface area contributed by atoms with Crippen molar-refractivity contribution in [2.75, 3.05) is 10.6 Å². The lowest BCUT2D eigenvalue weighted by atomic mass is 10.1. The van der Waals surface area contributed by atoms with Gasteiger partial charge in [-0.25, -0.2) is 4.79 Å². The Morgan fingerprint density at radius 2 is 1.59 bits per heavy atom. The van der Waals surface area contributed by atoms with E-state index in [2.05, 4.69) is 15.8 Å². The van der Waals surface area contributed by atoms with Gasteiger partial charge in [0.25, 0.3) is 5.91 Å². The number of aryl methyl sites for hydroxylation is 1. The molecular formula is C19H23N3O5. The molecule has 1 atom stereocenters.